The van der Waals surface area contributed by atoms with Gasteiger partial charge in [-0.15, -0.1) is 0 Å². The van der Waals surface area contributed by atoms with Gasteiger partial charge in [0.2, 0.25) is 5.91 Å². The number of carbonyl (C=O) groups excluding carboxylic acids is 1. The fourth-order valence-corrected chi connectivity index (χ4v) is 5.10. The third-order valence-electron chi connectivity index (χ3n) is 5.32. The summed E-state index contributed by atoms with van der Waals surface area (Å²) in [4.78, 5) is 21.5. The molecule has 15 heteroatoms. The first-order chi connectivity index (χ1) is 18.4. The molecule has 0 bridgehead atoms. The summed E-state index contributed by atoms with van der Waals surface area (Å²) in [5.74, 6) is -0.437. The molecule has 1 aliphatic rings. The number of aliphatic hydroxyl groups excluding tert-OH is 3. The summed E-state index contributed by atoms with van der Waals surface area (Å²) in [5.41, 5.74) is -1.00. The molecule has 0 saturated carbocycles. The van der Waals surface area contributed by atoms with Crippen molar-refractivity contribution in [1.29, 1.82) is 0 Å². The van der Waals surface area contributed by atoms with Crippen molar-refractivity contribution >= 4 is 13.7 Å². The molecule has 0 spiro atoms. The van der Waals surface area contributed by atoms with E-state index in [0.29, 0.717) is 6.42 Å². The topological polar surface area (TPSA) is 192 Å². The van der Waals surface area contributed by atoms with E-state index in [-0.39, 0.29) is 51.7 Å². The molecule has 1 aliphatic heterocycles. The minimum atomic E-state index is -4.26. The molecular weight excluding hydrogens is 553 g/mol. The second-order valence-electron chi connectivity index (χ2n) is 11.8. The molecule has 1 saturated heterocycles. The maximum Gasteiger partial charge on any atom is 0.473 e. The van der Waals surface area contributed by atoms with Gasteiger partial charge in [0.05, 0.1) is 64.6 Å². The smallest absolute Gasteiger partial charge is 0.394 e. The maximum absolute atomic E-state index is 12.4. The summed E-state index contributed by atoms with van der Waals surface area (Å²) in [7, 11) is -4.26. The highest BCUT2D eigenvalue weighted by molar-refractivity contribution is 7.47. The summed E-state index contributed by atoms with van der Waals surface area (Å²) < 4.78 is 50.5. The molecule has 0 aromatic carbocycles. The molecule has 1 amide bonds. The summed E-state index contributed by atoms with van der Waals surface area (Å²) >= 11 is 0. The van der Waals surface area contributed by atoms with Crippen LogP contribution in [0, 0.1) is 5.41 Å². The van der Waals surface area contributed by atoms with E-state index in [4.69, 9.17) is 32.7 Å². The van der Waals surface area contributed by atoms with Crippen molar-refractivity contribution in [3.8, 4) is 0 Å². The van der Waals surface area contributed by atoms with Crippen molar-refractivity contribution in [3.63, 3.8) is 0 Å². The van der Waals surface area contributed by atoms with E-state index < -0.39 is 62.7 Å². The lowest BCUT2D eigenvalue weighted by atomic mass is 9.89. The largest absolute Gasteiger partial charge is 0.473 e. The standard InChI is InChI=1S/C25H50NO13P/c1-17(28)26-20-22(30)21(29)19(15-27)37-23(20)36-13-12-34-9-8-33-10-11-35-16-18(14-24(2,3)4)38-40(31,32)39-25(5,6)7/h18-23,27,29-30H,8-16H2,1-7H3,(H,26,28)(H,31,32)/t18-,19-,20-,21+,22-,23-/m1/s1. The van der Waals surface area contributed by atoms with Gasteiger partial charge in [-0.1, -0.05) is 20.8 Å². The van der Waals surface area contributed by atoms with Crippen molar-refractivity contribution in [2.45, 2.75) is 97.2 Å². The zero-order valence-corrected chi connectivity index (χ0v) is 25.6. The van der Waals surface area contributed by atoms with E-state index in [2.05, 4.69) is 5.32 Å². The van der Waals surface area contributed by atoms with Crippen molar-refractivity contribution in [2.75, 3.05) is 52.9 Å². The monoisotopic (exact) mass is 603 g/mol. The molecule has 0 radical (unpaired) electrons. The van der Waals surface area contributed by atoms with Crippen LogP contribution in [0.4, 0.5) is 0 Å². The average molecular weight is 604 g/mol. The Morgan fingerprint density at radius 2 is 1.50 bits per heavy atom. The Bertz CT molecular complexity index is 773. The summed E-state index contributed by atoms with van der Waals surface area (Å²) in [6.07, 6.45) is -5.05. The molecular formula is C25H50NO13P. The Morgan fingerprint density at radius 3 is 2.00 bits per heavy atom. The highest BCUT2D eigenvalue weighted by Gasteiger charge is 2.45. The van der Waals surface area contributed by atoms with Crippen LogP contribution in [0.25, 0.3) is 0 Å². The lowest BCUT2D eigenvalue weighted by Gasteiger charge is -2.42. The van der Waals surface area contributed by atoms with Gasteiger partial charge in [-0.05, 0) is 32.6 Å². The van der Waals surface area contributed by atoms with Gasteiger partial charge in [0.1, 0.15) is 24.4 Å². The number of hydrogen-bond donors (Lipinski definition) is 5. The van der Waals surface area contributed by atoms with Gasteiger partial charge >= 0.3 is 7.82 Å². The van der Waals surface area contributed by atoms with Gasteiger partial charge in [0.25, 0.3) is 0 Å². The predicted octanol–water partition coefficient (Wildman–Crippen LogP) is 0.733. The lowest BCUT2D eigenvalue weighted by Crippen LogP contribution is -2.64. The quantitative estimate of drug-likeness (QED) is 0.109. The highest BCUT2D eigenvalue weighted by atomic mass is 31.2. The van der Waals surface area contributed by atoms with Gasteiger partial charge in [0.15, 0.2) is 6.29 Å². The normalized spacial score (nSPS) is 26.3. The molecule has 14 nitrogen and oxygen atoms in total. The average Bonchev–Trinajstić information content (AvgIpc) is 2.78. The summed E-state index contributed by atoms with van der Waals surface area (Å²) in [6.45, 7) is 13.1. The molecule has 0 aliphatic carbocycles. The molecule has 238 valence electrons. The molecule has 1 heterocycles. The van der Waals surface area contributed by atoms with Gasteiger partial charge < -0.3 is 49.2 Å². The van der Waals surface area contributed by atoms with Crippen LogP contribution in [0.3, 0.4) is 0 Å². The second kappa shape index (κ2) is 17.4. The van der Waals surface area contributed by atoms with Crippen LogP contribution >= 0.6 is 7.82 Å². The summed E-state index contributed by atoms with van der Waals surface area (Å²) in [6, 6.07) is -1.01. The Hall–Kier alpha value is -0.740. The first-order valence-electron chi connectivity index (χ1n) is 13.4. The van der Waals surface area contributed by atoms with E-state index in [9.17, 15) is 29.6 Å². The molecule has 1 rings (SSSR count). The van der Waals surface area contributed by atoms with Crippen molar-refractivity contribution in [1.82, 2.24) is 5.32 Å². The highest BCUT2D eigenvalue weighted by Crippen LogP contribution is 2.49. The number of hydrogen-bond acceptors (Lipinski definition) is 12. The van der Waals surface area contributed by atoms with Gasteiger partial charge in [-0.3, -0.25) is 13.8 Å². The third kappa shape index (κ3) is 16.0. The zero-order valence-electron chi connectivity index (χ0n) is 24.7. The number of rotatable bonds is 18. The fourth-order valence-electron chi connectivity index (χ4n) is 3.86. The SMILES string of the molecule is CC(=O)N[C@H]1[C@H](OCCOCCOCCOC[C@@H](CC(C)(C)C)OP(=O)(O)OC(C)(C)C)O[C@H](CO)[C@H](O)[C@@H]1O. The zero-order chi connectivity index (χ0) is 30.6. The van der Waals surface area contributed by atoms with E-state index >= 15 is 0 Å². The van der Waals surface area contributed by atoms with Crippen LogP contribution in [0.1, 0.15) is 54.9 Å². The minimum Gasteiger partial charge on any atom is -0.394 e. The first-order valence-corrected chi connectivity index (χ1v) is 14.9. The van der Waals surface area contributed by atoms with Crippen molar-refractivity contribution in [2.24, 2.45) is 5.41 Å². The van der Waals surface area contributed by atoms with Gasteiger partial charge in [-0.2, -0.15) is 0 Å². The summed E-state index contributed by atoms with van der Waals surface area (Å²) in [5, 5.41) is 32.1. The number of ether oxygens (including phenoxy) is 5. The molecule has 40 heavy (non-hydrogen) atoms. The Kier molecular flexibility index (Phi) is 16.2. The molecule has 1 unspecified atom stereocenters. The minimum absolute atomic E-state index is 0.0631. The fraction of sp³-hybridized carbons (Fsp3) is 0.960. The molecule has 1 fully saturated rings. The van der Waals surface area contributed by atoms with Crippen LogP contribution in [0.2, 0.25) is 0 Å². The number of phosphoric ester groups is 1. The van der Waals surface area contributed by atoms with E-state index in [1.165, 1.54) is 6.92 Å². The predicted molar refractivity (Wildman–Crippen MR) is 143 cm³/mol. The maximum atomic E-state index is 12.4. The second-order valence-corrected chi connectivity index (χ2v) is 13.1. The number of phosphoric acid groups is 1. The molecule has 7 atom stereocenters. The Balaban J connectivity index is 2.28. The lowest BCUT2D eigenvalue weighted by molar-refractivity contribution is -0.272. The van der Waals surface area contributed by atoms with Crippen LogP contribution in [0.5, 0.6) is 0 Å². The van der Waals surface area contributed by atoms with Crippen LogP contribution in [-0.2, 0) is 42.1 Å². The van der Waals surface area contributed by atoms with Crippen molar-refractivity contribution < 1.29 is 62.3 Å². The first kappa shape index (κ1) is 37.3. The molecule has 0 aromatic rings. The third-order valence-corrected chi connectivity index (χ3v) is 6.66. The number of carbonyl (C=O) groups is 1. The molecule has 0 aromatic heterocycles. The number of aliphatic hydroxyl groups is 3. The van der Waals surface area contributed by atoms with Crippen molar-refractivity contribution in [3.05, 3.63) is 0 Å². The van der Waals surface area contributed by atoms with Crippen LogP contribution in [-0.4, -0.2) is 121 Å². The Morgan fingerprint density at radius 1 is 0.950 bits per heavy atom. The van der Waals surface area contributed by atoms with E-state index in [1.54, 1.807) is 20.8 Å². The van der Waals surface area contributed by atoms with Crippen LogP contribution < -0.4 is 5.32 Å². The van der Waals surface area contributed by atoms with E-state index in [1.807, 2.05) is 20.8 Å². The number of nitrogens with one attached hydrogen (secondary N) is 1. The van der Waals surface area contributed by atoms with E-state index in [0.717, 1.165) is 0 Å². The van der Waals surface area contributed by atoms with Gasteiger partial charge in [-0.25, -0.2) is 4.57 Å². The number of amides is 1. The van der Waals surface area contributed by atoms with Crippen LogP contribution in [0.15, 0.2) is 0 Å². The van der Waals surface area contributed by atoms with Gasteiger partial charge in [0, 0.05) is 6.92 Å². The Labute approximate surface area is 237 Å². The molecule has 5 N–H and O–H groups in total.